The molecule has 1 atom stereocenters. The van der Waals surface area contributed by atoms with Crippen molar-refractivity contribution in [2.45, 2.75) is 31.1 Å². The molecule has 1 unspecified atom stereocenters. The summed E-state index contributed by atoms with van der Waals surface area (Å²) >= 11 is 0. The van der Waals surface area contributed by atoms with Gasteiger partial charge in [-0.15, -0.1) is 9.42 Å². The van der Waals surface area contributed by atoms with Crippen LogP contribution in [0.4, 0.5) is 4.39 Å². The van der Waals surface area contributed by atoms with Crippen molar-refractivity contribution in [2.24, 2.45) is 0 Å². The largest absolute Gasteiger partial charge is 0.695 e. The van der Waals surface area contributed by atoms with Crippen LogP contribution in [0, 0.1) is 5.82 Å². The minimum absolute atomic E-state index is 0.256. The number of benzene rings is 1. The summed E-state index contributed by atoms with van der Waals surface area (Å²) < 4.78 is 28.4. The highest BCUT2D eigenvalue weighted by molar-refractivity contribution is 7.32. The van der Waals surface area contributed by atoms with Crippen LogP contribution in [0.1, 0.15) is 31.2 Å². The first-order chi connectivity index (χ1) is 9.04. The van der Waals surface area contributed by atoms with Gasteiger partial charge < -0.3 is 0 Å². The lowest BCUT2D eigenvalue weighted by molar-refractivity contribution is -0.126. The van der Waals surface area contributed by atoms with Crippen LogP contribution in [0.2, 0.25) is 0 Å². The quantitative estimate of drug-likeness (QED) is 0.845. The van der Waals surface area contributed by atoms with Crippen molar-refractivity contribution in [3.63, 3.8) is 0 Å². The van der Waals surface area contributed by atoms with Crippen molar-refractivity contribution in [3.8, 4) is 0 Å². The third-order valence-corrected chi connectivity index (χ3v) is 4.02. The summed E-state index contributed by atoms with van der Waals surface area (Å²) in [5.41, 5.74) is -0.139. The molecule has 0 aromatic heterocycles. The molecule has 0 aliphatic heterocycles. The van der Waals surface area contributed by atoms with Gasteiger partial charge in [-0.2, -0.15) is 0 Å². The monoisotopic (exact) mass is 285 g/mol. The molecule has 0 heterocycles. The Hall–Kier alpha value is -1.16. The third-order valence-electron chi connectivity index (χ3n) is 3.67. The number of carbonyl (C=O) groups is 1. The van der Waals surface area contributed by atoms with Crippen LogP contribution in [0.25, 0.3) is 0 Å². The molecule has 4 nitrogen and oxygen atoms in total. The molecule has 0 amide bonds. The number of carbonyl (C=O) groups excluding carboxylic acids is 1. The molecular weight excluding hydrogens is 270 g/mol. The Bertz CT molecular complexity index is 497. The van der Waals surface area contributed by atoms with Gasteiger partial charge in [-0.05, 0) is 30.5 Å². The van der Waals surface area contributed by atoms with Gasteiger partial charge in [-0.25, -0.2) is 4.39 Å². The molecule has 1 fully saturated rings. The summed E-state index contributed by atoms with van der Waals surface area (Å²) in [7, 11) is -2.79. The molecule has 1 aliphatic carbocycles. The average Bonchev–Trinajstić information content (AvgIpc) is 2.86. The maximum Gasteiger partial charge on any atom is 0.695 e. The van der Waals surface area contributed by atoms with Crippen molar-refractivity contribution >= 4 is 14.0 Å². The standard InChI is InChI=1S/C13H14FO4P/c14-11-5-3-4-10(8-11)13(6-1-2-7-13)12(15)9-18-19(16)17/h3-5,8H,1-2,6-7,9H2/p+1. The van der Waals surface area contributed by atoms with E-state index in [1.807, 2.05) is 0 Å². The van der Waals surface area contributed by atoms with E-state index in [4.69, 9.17) is 4.89 Å². The third kappa shape index (κ3) is 3.06. The maximum absolute atomic E-state index is 13.3. The molecule has 0 spiro atoms. The number of rotatable bonds is 5. The topological polar surface area (TPSA) is 63.6 Å². The fraction of sp³-hybridized carbons (Fsp3) is 0.462. The van der Waals surface area contributed by atoms with Crippen LogP contribution in [-0.2, 0) is 19.3 Å². The molecule has 1 saturated carbocycles. The lowest BCUT2D eigenvalue weighted by Crippen LogP contribution is -2.35. The van der Waals surface area contributed by atoms with E-state index in [1.165, 1.54) is 12.1 Å². The van der Waals surface area contributed by atoms with Gasteiger partial charge in [0.1, 0.15) is 5.82 Å². The van der Waals surface area contributed by atoms with Crippen molar-refractivity contribution in [2.75, 3.05) is 6.61 Å². The Labute approximate surface area is 111 Å². The van der Waals surface area contributed by atoms with Gasteiger partial charge in [0.2, 0.25) is 0 Å². The number of hydrogen-bond donors (Lipinski definition) is 1. The normalized spacial score (nSPS) is 18.3. The van der Waals surface area contributed by atoms with E-state index in [-0.39, 0.29) is 11.6 Å². The second-order valence-electron chi connectivity index (χ2n) is 4.73. The average molecular weight is 285 g/mol. The van der Waals surface area contributed by atoms with Gasteiger partial charge in [-0.1, -0.05) is 25.0 Å². The van der Waals surface area contributed by atoms with E-state index in [0.717, 1.165) is 12.8 Å². The number of hydrogen-bond acceptors (Lipinski definition) is 3. The molecule has 0 bridgehead atoms. The van der Waals surface area contributed by atoms with Crippen LogP contribution in [-0.4, -0.2) is 17.3 Å². The summed E-state index contributed by atoms with van der Waals surface area (Å²) in [6.45, 7) is -0.414. The summed E-state index contributed by atoms with van der Waals surface area (Å²) in [4.78, 5) is 20.9. The Morgan fingerprint density at radius 1 is 1.42 bits per heavy atom. The summed E-state index contributed by atoms with van der Waals surface area (Å²) in [6, 6.07) is 6.00. The van der Waals surface area contributed by atoms with E-state index >= 15 is 0 Å². The van der Waals surface area contributed by atoms with Crippen molar-refractivity contribution in [1.82, 2.24) is 0 Å². The highest BCUT2D eigenvalue weighted by Gasteiger charge is 2.43. The van der Waals surface area contributed by atoms with E-state index in [0.29, 0.717) is 18.4 Å². The van der Waals surface area contributed by atoms with Gasteiger partial charge in [0.15, 0.2) is 12.4 Å². The van der Waals surface area contributed by atoms with Gasteiger partial charge >= 0.3 is 8.25 Å². The molecule has 6 heteroatoms. The van der Waals surface area contributed by atoms with E-state index in [2.05, 4.69) is 4.52 Å². The van der Waals surface area contributed by atoms with E-state index < -0.39 is 20.3 Å². The second kappa shape index (κ2) is 5.87. The lowest BCUT2D eigenvalue weighted by atomic mass is 9.75. The van der Waals surface area contributed by atoms with Crippen molar-refractivity contribution < 1.29 is 23.2 Å². The molecule has 0 saturated heterocycles. The predicted octanol–water partition coefficient (Wildman–Crippen LogP) is 2.87. The van der Waals surface area contributed by atoms with Gasteiger partial charge in [0.05, 0.1) is 5.41 Å². The molecule has 102 valence electrons. The molecule has 1 N–H and O–H groups in total. The molecule has 1 aromatic rings. The number of halogens is 1. The molecular formula is C13H15FO4P+. The second-order valence-corrected chi connectivity index (χ2v) is 5.47. The van der Waals surface area contributed by atoms with E-state index in [1.54, 1.807) is 12.1 Å². The smallest absolute Gasteiger partial charge is 0.296 e. The zero-order valence-corrected chi connectivity index (χ0v) is 11.2. The molecule has 1 aliphatic rings. The van der Waals surface area contributed by atoms with Crippen LogP contribution in [0.3, 0.4) is 0 Å². The fourth-order valence-corrected chi connectivity index (χ4v) is 2.97. The van der Waals surface area contributed by atoms with Crippen LogP contribution in [0.5, 0.6) is 0 Å². The minimum atomic E-state index is -2.79. The van der Waals surface area contributed by atoms with Crippen LogP contribution < -0.4 is 0 Å². The van der Waals surface area contributed by atoms with Gasteiger partial charge in [0, 0.05) is 4.57 Å². The van der Waals surface area contributed by atoms with Crippen molar-refractivity contribution in [3.05, 3.63) is 35.6 Å². The summed E-state index contributed by atoms with van der Waals surface area (Å²) in [5, 5.41) is 0. The lowest BCUT2D eigenvalue weighted by Gasteiger charge is -2.27. The zero-order chi connectivity index (χ0) is 13.9. The van der Waals surface area contributed by atoms with E-state index in [9.17, 15) is 13.8 Å². The Morgan fingerprint density at radius 3 is 2.68 bits per heavy atom. The van der Waals surface area contributed by atoms with Gasteiger partial charge in [0.25, 0.3) is 0 Å². The molecule has 0 radical (unpaired) electrons. The predicted molar refractivity (Wildman–Crippen MR) is 67.3 cm³/mol. The minimum Gasteiger partial charge on any atom is -0.296 e. The fourth-order valence-electron chi connectivity index (χ4n) is 2.75. The first kappa shape index (κ1) is 14.3. The number of Topliss-reactive ketones (excluding diaryl/α,β-unsaturated/α-hetero) is 1. The Morgan fingerprint density at radius 2 is 2.11 bits per heavy atom. The summed E-state index contributed by atoms with van der Waals surface area (Å²) in [6.07, 6.45) is 3.02. The summed E-state index contributed by atoms with van der Waals surface area (Å²) in [5.74, 6) is -0.640. The molecule has 1 aromatic carbocycles. The molecule has 2 rings (SSSR count). The zero-order valence-electron chi connectivity index (χ0n) is 10.3. The van der Waals surface area contributed by atoms with Crippen LogP contribution >= 0.6 is 8.25 Å². The van der Waals surface area contributed by atoms with Gasteiger partial charge in [-0.3, -0.25) is 4.79 Å². The Kier molecular flexibility index (Phi) is 4.40. The first-order valence-electron chi connectivity index (χ1n) is 6.13. The first-order valence-corrected chi connectivity index (χ1v) is 7.26. The van der Waals surface area contributed by atoms with Crippen molar-refractivity contribution in [1.29, 1.82) is 0 Å². The van der Waals surface area contributed by atoms with Crippen LogP contribution in [0.15, 0.2) is 24.3 Å². The Balaban J connectivity index is 2.27. The molecule has 19 heavy (non-hydrogen) atoms. The number of ketones is 1. The highest BCUT2D eigenvalue weighted by atomic mass is 31.1. The maximum atomic E-state index is 13.3. The highest BCUT2D eigenvalue weighted by Crippen LogP contribution is 2.42. The SMILES string of the molecule is O=C(CO[P+](=O)O)C1(c2cccc(F)c2)CCCC1.